The van der Waals surface area contributed by atoms with Crippen LogP contribution >= 0.6 is 11.6 Å². The summed E-state index contributed by atoms with van der Waals surface area (Å²) in [5.74, 6) is 1.52. The maximum Gasteiger partial charge on any atom is 0.248 e. The Morgan fingerprint density at radius 1 is 1.14 bits per heavy atom. The molecule has 3 atom stereocenters. The van der Waals surface area contributed by atoms with Gasteiger partial charge in [0.05, 0.1) is 6.20 Å². The maximum absolute atomic E-state index is 12.2. The molecule has 35 heavy (non-hydrogen) atoms. The number of primary amides is 1. The van der Waals surface area contributed by atoms with Gasteiger partial charge in [-0.15, -0.1) is 0 Å². The van der Waals surface area contributed by atoms with Gasteiger partial charge in [-0.1, -0.05) is 49.9 Å². The first-order valence-corrected chi connectivity index (χ1v) is 12.6. The van der Waals surface area contributed by atoms with E-state index in [1.165, 1.54) is 38.0 Å². The van der Waals surface area contributed by atoms with Gasteiger partial charge < -0.3 is 21.7 Å². The van der Waals surface area contributed by atoms with Crippen molar-refractivity contribution in [2.24, 2.45) is 17.6 Å². The highest BCUT2D eigenvalue weighted by Gasteiger charge is 2.36. The molecule has 2 aliphatic rings. The van der Waals surface area contributed by atoms with Crippen LogP contribution in [-0.2, 0) is 4.79 Å². The van der Waals surface area contributed by atoms with Crippen LogP contribution in [-0.4, -0.2) is 33.9 Å². The zero-order valence-corrected chi connectivity index (χ0v) is 20.8. The Morgan fingerprint density at radius 3 is 2.63 bits per heavy atom. The highest BCUT2D eigenvalue weighted by molar-refractivity contribution is 6.32. The maximum atomic E-state index is 12.2. The van der Waals surface area contributed by atoms with E-state index in [1.807, 2.05) is 13.0 Å². The number of nitrogens with one attached hydrogen (secondary N) is 3. The van der Waals surface area contributed by atoms with E-state index in [0.29, 0.717) is 34.0 Å². The molecule has 8 nitrogen and oxygen atoms in total. The number of benzene rings is 1. The van der Waals surface area contributed by atoms with Gasteiger partial charge in [0.2, 0.25) is 17.8 Å². The smallest absolute Gasteiger partial charge is 0.248 e. The first kappa shape index (κ1) is 25.0. The summed E-state index contributed by atoms with van der Waals surface area (Å²) in [7, 11) is 0. The van der Waals surface area contributed by atoms with Gasteiger partial charge >= 0.3 is 0 Å². The van der Waals surface area contributed by atoms with E-state index in [4.69, 9.17) is 17.3 Å². The number of hydrogen-bond acceptors (Lipinski definition) is 6. The highest BCUT2D eigenvalue weighted by Crippen LogP contribution is 2.40. The van der Waals surface area contributed by atoms with E-state index in [1.54, 1.807) is 12.1 Å². The third-order valence-electron chi connectivity index (χ3n) is 7.31. The number of halogens is 1. The Morgan fingerprint density at radius 2 is 1.91 bits per heavy atom. The van der Waals surface area contributed by atoms with Crippen LogP contribution in [0.2, 0.25) is 5.02 Å². The van der Waals surface area contributed by atoms with Crippen LogP contribution in [0.5, 0.6) is 0 Å². The van der Waals surface area contributed by atoms with Crippen LogP contribution in [0, 0.1) is 18.8 Å². The van der Waals surface area contributed by atoms with E-state index in [2.05, 4.69) is 32.5 Å². The molecule has 1 unspecified atom stereocenters. The van der Waals surface area contributed by atoms with Crippen LogP contribution < -0.4 is 21.7 Å². The quantitative estimate of drug-likeness (QED) is 0.392. The molecule has 0 aliphatic heterocycles. The molecular formula is C26H33ClN6O2. The molecule has 1 aromatic carbocycles. The van der Waals surface area contributed by atoms with Crippen LogP contribution in [0.25, 0.3) is 0 Å². The number of rotatable bonds is 8. The minimum atomic E-state index is -0.506. The van der Waals surface area contributed by atoms with E-state index >= 15 is 0 Å². The highest BCUT2D eigenvalue weighted by atomic mass is 35.5. The molecule has 2 aromatic rings. The second kappa shape index (κ2) is 11.1. The molecule has 0 radical (unpaired) electrons. The topological polar surface area (TPSA) is 122 Å². The Balaban J connectivity index is 1.51. The lowest BCUT2D eigenvalue weighted by atomic mass is 9.75. The average molecular weight is 497 g/mol. The van der Waals surface area contributed by atoms with Crippen LogP contribution in [0.1, 0.15) is 60.9 Å². The molecule has 2 saturated carbocycles. The predicted molar refractivity (Wildman–Crippen MR) is 139 cm³/mol. The van der Waals surface area contributed by atoms with Crippen molar-refractivity contribution in [1.82, 2.24) is 15.3 Å². The van der Waals surface area contributed by atoms with Gasteiger partial charge in [0.25, 0.3) is 0 Å². The standard InChI is InChI=1S/C26H33ClN6O2/c1-3-23(34)30-22-12-17(16-6-4-5-7-16)10-11-20(22)31-25-19(27)14-29-26(33-25)32-21-13-18(24(28)35)9-8-15(21)2/h3,8-9,13-14,16-17,20,22H,1,4-7,10-12H2,2H3,(H2,28,35)(H,30,34)(H2,29,31,32,33)/t17?,20-,22+/m0/s1. The normalized spacial score (nSPS) is 22.4. The fourth-order valence-electron chi connectivity index (χ4n) is 5.37. The molecule has 2 aliphatic carbocycles. The van der Waals surface area contributed by atoms with Crippen molar-refractivity contribution in [2.75, 3.05) is 10.6 Å². The minimum absolute atomic E-state index is 0.0169. The Labute approximate surface area is 211 Å². The summed E-state index contributed by atoms with van der Waals surface area (Å²) in [5, 5.41) is 10.1. The number of hydrogen-bond donors (Lipinski definition) is 4. The molecular weight excluding hydrogens is 464 g/mol. The number of anilines is 3. The van der Waals surface area contributed by atoms with Crippen molar-refractivity contribution in [3.63, 3.8) is 0 Å². The number of carbonyl (C=O) groups excluding carboxylic acids is 2. The second-order valence-corrected chi connectivity index (χ2v) is 10.0. The summed E-state index contributed by atoms with van der Waals surface area (Å²) in [6.45, 7) is 5.52. The first-order chi connectivity index (χ1) is 16.8. The number of aromatic nitrogens is 2. The fraction of sp³-hybridized carbons (Fsp3) is 0.462. The third kappa shape index (κ3) is 6.11. The zero-order chi connectivity index (χ0) is 24.9. The van der Waals surface area contributed by atoms with Gasteiger partial charge in [-0.2, -0.15) is 4.98 Å². The molecule has 0 saturated heterocycles. The van der Waals surface area contributed by atoms with Gasteiger partial charge in [-0.05, 0) is 61.8 Å². The predicted octanol–water partition coefficient (Wildman–Crippen LogP) is 4.72. The molecule has 0 bridgehead atoms. The minimum Gasteiger partial charge on any atom is -0.366 e. The van der Waals surface area contributed by atoms with Gasteiger partial charge in [0.1, 0.15) is 5.02 Å². The monoisotopic (exact) mass is 496 g/mol. The number of nitrogens with zero attached hydrogens (tertiary/aromatic N) is 2. The molecule has 5 N–H and O–H groups in total. The van der Waals surface area contributed by atoms with Gasteiger partial charge in [0.15, 0.2) is 5.82 Å². The summed E-state index contributed by atoms with van der Waals surface area (Å²) in [4.78, 5) is 32.6. The number of carbonyl (C=O) groups is 2. The number of aryl methyl sites for hydroxylation is 1. The van der Waals surface area contributed by atoms with Crippen LogP contribution in [0.15, 0.2) is 37.1 Å². The molecule has 4 rings (SSSR count). The lowest BCUT2D eigenvalue weighted by molar-refractivity contribution is -0.117. The summed E-state index contributed by atoms with van der Waals surface area (Å²) in [6.07, 6.45) is 11.0. The summed E-state index contributed by atoms with van der Waals surface area (Å²) < 4.78 is 0. The van der Waals surface area contributed by atoms with E-state index < -0.39 is 5.91 Å². The summed E-state index contributed by atoms with van der Waals surface area (Å²) in [5.41, 5.74) is 7.41. The van der Waals surface area contributed by atoms with E-state index in [0.717, 1.165) is 30.7 Å². The van der Waals surface area contributed by atoms with Crippen LogP contribution in [0.3, 0.4) is 0 Å². The molecule has 2 amide bonds. The fourth-order valence-corrected chi connectivity index (χ4v) is 5.51. The van der Waals surface area contributed by atoms with E-state index in [9.17, 15) is 9.59 Å². The molecule has 1 heterocycles. The largest absolute Gasteiger partial charge is 0.366 e. The Kier molecular flexibility index (Phi) is 7.90. The van der Waals surface area contributed by atoms with Crippen molar-refractivity contribution in [1.29, 1.82) is 0 Å². The van der Waals surface area contributed by atoms with Crippen molar-refractivity contribution in [3.05, 3.63) is 53.2 Å². The van der Waals surface area contributed by atoms with Crippen molar-refractivity contribution in [2.45, 2.75) is 64.0 Å². The lowest BCUT2D eigenvalue weighted by Crippen LogP contribution is -2.50. The molecule has 9 heteroatoms. The summed E-state index contributed by atoms with van der Waals surface area (Å²) >= 11 is 6.45. The van der Waals surface area contributed by atoms with E-state index in [-0.39, 0.29) is 18.0 Å². The van der Waals surface area contributed by atoms with Gasteiger partial charge in [-0.3, -0.25) is 9.59 Å². The van der Waals surface area contributed by atoms with Crippen LogP contribution in [0.4, 0.5) is 17.5 Å². The Bertz CT molecular complexity index is 1100. The third-order valence-corrected chi connectivity index (χ3v) is 7.58. The van der Waals surface area contributed by atoms with Crippen molar-refractivity contribution < 1.29 is 9.59 Å². The lowest BCUT2D eigenvalue weighted by Gasteiger charge is -2.39. The average Bonchev–Trinajstić information content (AvgIpc) is 3.38. The molecule has 186 valence electrons. The second-order valence-electron chi connectivity index (χ2n) is 9.60. The first-order valence-electron chi connectivity index (χ1n) is 12.2. The number of nitrogens with two attached hydrogens (primary N) is 1. The van der Waals surface area contributed by atoms with Crippen molar-refractivity contribution >= 4 is 40.9 Å². The Hall–Kier alpha value is -3.13. The number of amides is 2. The summed E-state index contributed by atoms with van der Waals surface area (Å²) in [6, 6.07) is 5.10. The van der Waals surface area contributed by atoms with Gasteiger partial charge in [0, 0.05) is 23.3 Å². The SMILES string of the molecule is C=CC(=O)N[C@@H]1CC(C2CCCC2)CC[C@@H]1Nc1nc(Nc2cc(C(N)=O)ccc2C)ncc1Cl. The molecule has 0 spiro atoms. The molecule has 1 aromatic heterocycles. The molecule has 2 fully saturated rings. The van der Waals surface area contributed by atoms with Gasteiger partial charge in [-0.25, -0.2) is 4.98 Å². The van der Waals surface area contributed by atoms with Crippen molar-refractivity contribution in [3.8, 4) is 0 Å². The zero-order valence-electron chi connectivity index (χ0n) is 20.0.